The van der Waals surface area contributed by atoms with Gasteiger partial charge in [0.2, 0.25) is 0 Å². The summed E-state index contributed by atoms with van der Waals surface area (Å²) in [5.74, 6) is -0.390. The SMILES string of the molecule is C[C@@]12CC[C@@H](C(=O)C1)[C@@H](/C=C/c1ccc(Cl)cc1)C2(C#N)C#N. The molecule has 3 atom stereocenters. The summed E-state index contributed by atoms with van der Waals surface area (Å²) in [5.41, 5.74) is -0.748. The van der Waals surface area contributed by atoms with Gasteiger partial charge < -0.3 is 0 Å². The maximum absolute atomic E-state index is 12.4. The number of Topliss-reactive ketones (excluding diaryl/α,β-unsaturated/α-hetero) is 1. The molecular formula is C19H17ClN2O. The molecule has 1 aromatic carbocycles. The monoisotopic (exact) mass is 324 g/mol. The van der Waals surface area contributed by atoms with Crippen molar-refractivity contribution in [2.45, 2.75) is 26.2 Å². The fourth-order valence-corrected chi connectivity index (χ4v) is 4.30. The van der Waals surface area contributed by atoms with Gasteiger partial charge >= 0.3 is 0 Å². The number of nitrogens with zero attached hydrogens (tertiary/aromatic N) is 2. The van der Waals surface area contributed by atoms with Crippen LogP contribution in [0.15, 0.2) is 30.3 Å². The standard InChI is InChI=1S/C19H17ClN2O/c1-18-9-8-15(17(23)10-18)16(19(18,11-21)12-22)7-4-13-2-5-14(20)6-3-13/h2-7,15-16H,8-10H2,1H3/b7-4+/t15-,16-,18-/m1/s1. The molecule has 3 nitrogen and oxygen atoms in total. The Morgan fingerprint density at radius 1 is 1.26 bits per heavy atom. The largest absolute Gasteiger partial charge is 0.299 e. The van der Waals surface area contributed by atoms with Crippen LogP contribution in [0.5, 0.6) is 0 Å². The Morgan fingerprint density at radius 3 is 2.48 bits per heavy atom. The molecule has 3 aliphatic rings. The topological polar surface area (TPSA) is 64.7 Å². The van der Waals surface area contributed by atoms with E-state index in [-0.39, 0.29) is 17.6 Å². The molecule has 0 radical (unpaired) electrons. The Morgan fingerprint density at radius 2 is 1.91 bits per heavy atom. The van der Waals surface area contributed by atoms with Crippen LogP contribution >= 0.6 is 11.6 Å². The third-order valence-electron chi connectivity index (χ3n) is 5.59. The maximum atomic E-state index is 12.4. The Bertz CT molecular complexity index is 739. The lowest BCUT2D eigenvalue weighted by Crippen LogP contribution is -2.57. The van der Waals surface area contributed by atoms with Crippen molar-refractivity contribution in [1.82, 2.24) is 0 Å². The van der Waals surface area contributed by atoms with Crippen LogP contribution in [0.25, 0.3) is 6.08 Å². The van der Waals surface area contributed by atoms with Gasteiger partial charge in [-0.15, -0.1) is 0 Å². The molecule has 0 heterocycles. The van der Waals surface area contributed by atoms with Gasteiger partial charge in [0.1, 0.15) is 5.78 Å². The van der Waals surface area contributed by atoms with Crippen molar-refractivity contribution >= 4 is 23.5 Å². The molecule has 0 N–H and O–H groups in total. The van der Waals surface area contributed by atoms with Crippen molar-refractivity contribution in [3.8, 4) is 12.1 Å². The van der Waals surface area contributed by atoms with Crippen LogP contribution in [-0.4, -0.2) is 5.78 Å². The van der Waals surface area contributed by atoms with Gasteiger partial charge in [-0.1, -0.05) is 42.8 Å². The highest BCUT2D eigenvalue weighted by Crippen LogP contribution is 2.62. The smallest absolute Gasteiger partial charge is 0.156 e. The molecule has 0 spiro atoms. The first kappa shape index (κ1) is 15.8. The zero-order valence-electron chi connectivity index (χ0n) is 12.9. The quantitative estimate of drug-likeness (QED) is 0.810. The number of carbonyl (C=O) groups is 1. The molecule has 0 saturated heterocycles. The van der Waals surface area contributed by atoms with E-state index in [0.29, 0.717) is 11.4 Å². The van der Waals surface area contributed by atoms with E-state index in [4.69, 9.17) is 11.6 Å². The van der Waals surface area contributed by atoms with E-state index in [0.717, 1.165) is 18.4 Å². The van der Waals surface area contributed by atoms with Crippen molar-refractivity contribution in [3.63, 3.8) is 0 Å². The van der Waals surface area contributed by atoms with Crippen LogP contribution in [0, 0.1) is 45.3 Å². The molecule has 4 rings (SSSR count). The Hall–Kier alpha value is -2.10. The van der Waals surface area contributed by atoms with E-state index in [1.807, 2.05) is 31.2 Å². The average molecular weight is 325 g/mol. The Balaban J connectivity index is 2.01. The molecule has 2 bridgehead atoms. The number of rotatable bonds is 2. The Kier molecular flexibility index (Phi) is 3.78. The molecular weight excluding hydrogens is 308 g/mol. The lowest BCUT2D eigenvalue weighted by Gasteiger charge is -2.55. The third-order valence-corrected chi connectivity index (χ3v) is 5.84. The Labute approximate surface area is 141 Å². The summed E-state index contributed by atoms with van der Waals surface area (Å²) in [4.78, 5) is 12.4. The molecule has 1 aromatic rings. The number of allylic oxidation sites excluding steroid dienone is 1. The highest BCUT2D eigenvalue weighted by atomic mass is 35.5. The molecule has 3 saturated carbocycles. The van der Waals surface area contributed by atoms with Crippen LogP contribution in [0.4, 0.5) is 0 Å². The molecule has 0 aliphatic heterocycles. The summed E-state index contributed by atoms with van der Waals surface area (Å²) >= 11 is 5.88. The van der Waals surface area contributed by atoms with Gasteiger partial charge in [-0.25, -0.2) is 0 Å². The highest BCUT2D eigenvalue weighted by molar-refractivity contribution is 6.30. The summed E-state index contributed by atoms with van der Waals surface area (Å²) in [7, 11) is 0. The van der Waals surface area contributed by atoms with Gasteiger partial charge in [-0.3, -0.25) is 4.79 Å². The molecule has 4 heteroatoms. The molecule has 0 amide bonds. The fraction of sp³-hybridized carbons (Fsp3) is 0.421. The highest BCUT2D eigenvalue weighted by Gasteiger charge is 2.64. The maximum Gasteiger partial charge on any atom is 0.156 e. The molecule has 0 unspecified atom stereocenters. The van der Waals surface area contributed by atoms with Crippen LogP contribution in [0.1, 0.15) is 31.7 Å². The second-order valence-corrected chi connectivity index (χ2v) is 7.25. The minimum absolute atomic E-state index is 0.186. The summed E-state index contributed by atoms with van der Waals surface area (Å²) in [6.07, 6.45) is 5.63. The molecule has 3 aliphatic carbocycles. The van der Waals surface area contributed by atoms with Crippen LogP contribution in [-0.2, 0) is 4.79 Å². The minimum Gasteiger partial charge on any atom is -0.299 e. The minimum atomic E-state index is -1.13. The van der Waals surface area contributed by atoms with Gasteiger partial charge in [-0.2, -0.15) is 10.5 Å². The van der Waals surface area contributed by atoms with Crippen molar-refractivity contribution in [3.05, 3.63) is 40.9 Å². The summed E-state index contributed by atoms with van der Waals surface area (Å²) < 4.78 is 0. The van der Waals surface area contributed by atoms with E-state index < -0.39 is 10.8 Å². The van der Waals surface area contributed by atoms with Crippen molar-refractivity contribution in [2.75, 3.05) is 0 Å². The normalized spacial score (nSPS) is 31.7. The number of benzene rings is 1. The van der Waals surface area contributed by atoms with Crippen molar-refractivity contribution in [2.24, 2.45) is 22.7 Å². The van der Waals surface area contributed by atoms with Crippen molar-refractivity contribution in [1.29, 1.82) is 10.5 Å². The van der Waals surface area contributed by atoms with E-state index in [9.17, 15) is 15.3 Å². The predicted molar refractivity (Wildman–Crippen MR) is 88.1 cm³/mol. The fourth-order valence-electron chi connectivity index (χ4n) is 4.17. The van der Waals surface area contributed by atoms with Gasteiger partial charge in [0.25, 0.3) is 0 Å². The second kappa shape index (κ2) is 5.52. The first-order valence-corrected chi connectivity index (χ1v) is 8.12. The number of ketones is 1. The van der Waals surface area contributed by atoms with Gasteiger partial charge in [0, 0.05) is 28.7 Å². The summed E-state index contributed by atoms with van der Waals surface area (Å²) in [6.45, 7) is 1.91. The second-order valence-electron chi connectivity index (χ2n) is 6.82. The third kappa shape index (κ3) is 2.28. The lowest BCUT2D eigenvalue weighted by atomic mass is 9.44. The molecule has 0 aromatic heterocycles. The molecule has 116 valence electrons. The van der Waals surface area contributed by atoms with E-state index in [1.54, 1.807) is 12.1 Å². The summed E-state index contributed by atoms with van der Waals surface area (Å²) in [6, 6.07) is 11.9. The zero-order chi connectivity index (χ0) is 16.7. The predicted octanol–water partition coefficient (Wildman–Crippen LogP) is 4.39. The number of fused-ring (bicyclic) bond motifs is 3. The lowest BCUT2D eigenvalue weighted by molar-refractivity contribution is -0.143. The van der Waals surface area contributed by atoms with E-state index in [1.165, 1.54) is 0 Å². The average Bonchev–Trinajstić information content (AvgIpc) is 2.54. The van der Waals surface area contributed by atoms with Gasteiger partial charge in [-0.05, 0) is 30.5 Å². The molecule has 3 fully saturated rings. The van der Waals surface area contributed by atoms with Crippen LogP contribution in [0.2, 0.25) is 5.02 Å². The zero-order valence-corrected chi connectivity index (χ0v) is 13.7. The molecule has 23 heavy (non-hydrogen) atoms. The summed E-state index contributed by atoms with van der Waals surface area (Å²) in [5, 5.41) is 20.2. The number of hydrogen-bond donors (Lipinski definition) is 0. The first-order chi connectivity index (χ1) is 11.0. The number of nitriles is 2. The van der Waals surface area contributed by atoms with Crippen LogP contribution in [0.3, 0.4) is 0 Å². The van der Waals surface area contributed by atoms with Crippen molar-refractivity contribution < 1.29 is 4.79 Å². The number of halogens is 1. The van der Waals surface area contributed by atoms with Gasteiger partial charge in [0.05, 0.1) is 12.1 Å². The first-order valence-electron chi connectivity index (χ1n) is 7.75. The van der Waals surface area contributed by atoms with Gasteiger partial charge in [0.15, 0.2) is 5.41 Å². The van der Waals surface area contributed by atoms with E-state index in [2.05, 4.69) is 12.1 Å². The van der Waals surface area contributed by atoms with Crippen LogP contribution < -0.4 is 0 Å². The number of carbonyl (C=O) groups excluding carboxylic acids is 1. The number of hydrogen-bond acceptors (Lipinski definition) is 3. The van der Waals surface area contributed by atoms with E-state index >= 15 is 0 Å².